The summed E-state index contributed by atoms with van der Waals surface area (Å²) in [7, 11) is 0. The molecule has 190 valence electrons. The second-order valence-corrected chi connectivity index (χ2v) is 8.79. The molecule has 0 spiro atoms. The van der Waals surface area contributed by atoms with Gasteiger partial charge < -0.3 is 9.47 Å². The maximum Gasteiger partial charge on any atom is 0.339 e. The van der Waals surface area contributed by atoms with Gasteiger partial charge in [0.05, 0.1) is 24.3 Å². The van der Waals surface area contributed by atoms with Crippen molar-refractivity contribution in [3.63, 3.8) is 0 Å². The number of hydrogen-bond acceptors (Lipinski definition) is 4. The van der Waals surface area contributed by atoms with Crippen LogP contribution in [0.4, 0.5) is 0 Å². The first-order valence-corrected chi connectivity index (χ1v) is 13.5. The topological polar surface area (TPSA) is 52.6 Å². The first kappa shape index (κ1) is 29.7. The van der Waals surface area contributed by atoms with E-state index in [4.69, 9.17) is 9.47 Å². The van der Waals surface area contributed by atoms with E-state index in [9.17, 15) is 9.59 Å². The van der Waals surface area contributed by atoms with E-state index < -0.39 is 11.9 Å². The first-order chi connectivity index (χ1) is 16.7. The van der Waals surface area contributed by atoms with Gasteiger partial charge in [-0.25, -0.2) is 9.59 Å². The van der Waals surface area contributed by atoms with Gasteiger partial charge in [-0.1, -0.05) is 114 Å². The van der Waals surface area contributed by atoms with Crippen LogP contribution >= 0.6 is 0 Å². The third kappa shape index (κ3) is 14.7. The minimum atomic E-state index is -0.444. The summed E-state index contributed by atoms with van der Waals surface area (Å²) in [5, 5.41) is 0. The number of benzene rings is 1. The summed E-state index contributed by atoms with van der Waals surface area (Å²) in [6.07, 6.45) is 24.6. The van der Waals surface area contributed by atoms with Crippen LogP contribution in [0.25, 0.3) is 0 Å². The number of allylic oxidation sites excluding steroid dienone is 4. The number of unbranched alkanes of at least 4 members (excludes halogenated alkanes) is 10. The predicted molar refractivity (Wildman–Crippen MR) is 141 cm³/mol. The Morgan fingerprint density at radius 1 is 0.618 bits per heavy atom. The molecule has 1 aliphatic rings. The zero-order valence-corrected chi connectivity index (χ0v) is 21.6. The molecular formula is C30H46O4. The number of rotatable bonds is 16. The molecule has 0 atom stereocenters. The minimum Gasteiger partial charge on any atom is -0.462 e. The van der Waals surface area contributed by atoms with Gasteiger partial charge in [-0.05, 0) is 37.8 Å². The van der Waals surface area contributed by atoms with Crippen LogP contribution < -0.4 is 0 Å². The maximum atomic E-state index is 12.4. The van der Waals surface area contributed by atoms with E-state index in [1.54, 1.807) is 24.3 Å². The van der Waals surface area contributed by atoms with E-state index >= 15 is 0 Å². The number of ether oxygens (including phenoxy) is 2. The number of hydrogen-bond donors (Lipinski definition) is 0. The Kier molecular flexibility index (Phi) is 18.5. The normalized spacial score (nSPS) is 12.1. The molecule has 0 amide bonds. The SMILES string of the molecule is C1=CCCC=C1.CCCCCCCCOC(=O)c1ccccc1C(=O)OCCCCCCCC. The Bertz CT molecular complexity index is 659. The molecule has 0 radical (unpaired) electrons. The lowest BCUT2D eigenvalue weighted by Gasteiger charge is -2.10. The molecular weight excluding hydrogens is 424 g/mol. The van der Waals surface area contributed by atoms with Crippen molar-refractivity contribution in [2.75, 3.05) is 13.2 Å². The zero-order chi connectivity index (χ0) is 24.7. The lowest BCUT2D eigenvalue weighted by molar-refractivity contribution is 0.0450. The van der Waals surface area contributed by atoms with Crippen molar-refractivity contribution in [1.29, 1.82) is 0 Å². The van der Waals surface area contributed by atoms with E-state index in [0.717, 1.165) is 25.7 Å². The van der Waals surface area contributed by atoms with Gasteiger partial charge >= 0.3 is 11.9 Å². The number of esters is 2. The Hall–Kier alpha value is -2.36. The van der Waals surface area contributed by atoms with Gasteiger partial charge in [0.25, 0.3) is 0 Å². The molecule has 2 rings (SSSR count). The van der Waals surface area contributed by atoms with Crippen LogP contribution in [0.3, 0.4) is 0 Å². The van der Waals surface area contributed by atoms with Crippen molar-refractivity contribution >= 4 is 11.9 Å². The molecule has 0 saturated carbocycles. The molecule has 1 aromatic carbocycles. The van der Waals surface area contributed by atoms with E-state index in [0.29, 0.717) is 24.3 Å². The lowest BCUT2D eigenvalue weighted by atomic mass is 10.1. The van der Waals surface area contributed by atoms with Gasteiger partial charge in [-0.2, -0.15) is 0 Å². The number of carbonyl (C=O) groups excluding carboxylic acids is 2. The van der Waals surface area contributed by atoms with E-state index in [-0.39, 0.29) is 0 Å². The van der Waals surface area contributed by atoms with Crippen molar-refractivity contribution in [1.82, 2.24) is 0 Å². The quantitative estimate of drug-likeness (QED) is 0.179. The summed E-state index contributed by atoms with van der Waals surface area (Å²) in [5.41, 5.74) is 0.586. The van der Waals surface area contributed by atoms with Crippen LogP contribution in [0.5, 0.6) is 0 Å². The average Bonchev–Trinajstić information content (AvgIpc) is 2.88. The second-order valence-electron chi connectivity index (χ2n) is 8.79. The fourth-order valence-electron chi connectivity index (χ4n) is 3.63. The van der Waals surface area contributed by atoms with E-state index in [2.05, 4.69) is 38.2 Å². The van der Waals surface area contributed by atoms with Gasteiger partial charge in [0.1, 0.15) is 0 Å². The molecule has 1 aromatic rings. The lowest BCUT2D eigenvalue weighted by Crippen LogP contribution is -2.15. The number of carbonyl (C=O) groups is 2. The maximum absolute atomic E-state index is 12.4. The van der Waals surface area contributed by atoms with Crippen molar-refractivity contribution in [2.24, 2.45) is 0 Å². The van der Waals surface area contributed by atoms with E-state index in [1.807, 2.05) is 0 Å². The van der Waals surface area contributed by atoms with Crippen molar-refractivity contribution in [3.05, 3.63) is 59.7 Å². The highest BCUT2D eigenvalue weighted by Crippen LogP contribution is 2.14. The second kappa shape index (κ2) is 21.2. The van der Waals surface area contributed by atoms with Crippen LogP contribution in [0.1, 0.15) is 124 Å². The fraction of sp³-hybridized carbons (Fsp3) is 0.600. The highest BCUT2D eigenvalue weighted by atomic mass is 16.5. The molecule has 0 saturated heterocycles. The summed E-state index contributed by atoms with van der Waals surface area (Å²) in [6, 6.07) is 6.74. The monoisotopic (exact) mass is 470 g/mol. The average molecular weight is 471 g/mol. The summed E-state index contributed by atoms with van der Waals surface area (Å²) in [4.78, 5) is 24.7. The van der Waals surface area contributed by atoms with Crippen LogP contribution in [0, 0.1) is 0 Å². The molecule has 0 fully saturated rings. The zero-order valence-electron chi connectivity index (χ0n) is 21.6. The minimum absolute atomic E-state index is 0.293. The van der Waals surface area contributed by atoms with Crippen molar-refractivity contribution in [3.8, 4) is 0 Å². The van der Waals surface area contributed by atoms with Gasteiger partial charge in [0.15, 0.2) is 0 Å². The highest BCUT2D eigenvalue weighted by molar-refractivity contribution is 6.03. The van der Waals surface area contributed by atoms with Crippen LogP contribution in [-0.2, 0) is 9.47 Å². The molecule has 0 aliphatic heterocycles. The molecule has 4 nitrogen and oxygen atoms in total. The molecule has 0 bridgehead atoms. The van der Waals surface area contributed by atoms with Crippen LogP contribution in [0.2, 0.25) is 0 Å². The van der Waals surface area contributed by atoms with Crippen molar-refractivity contribution in [2.45, 2.75) is 104 Å². The van der Waals surface area contributed by atoms with Crippen molar-refractivity contribution < 1.29 is 19.1 Å². The predicted octanol–water partition coefficient (Wildman–Crippen LogP) is 8.61. The molecule has 4 heteroatoms. The molecule has 34 heavy (non-hydrogen) atoms. The third-order valence-electron chi connectivity index (χ3n) is 5.71. The third-order valence-corrected chi connectivity index (χ3v) is 5.71. The molecule has 0 N–H and O–H groups in total. The highest BCUT2D eigenvalue weighted by Gasteiger charge is 2.18. The van der Waals surface area contributed by atoms with Gasteiger partial charge in [0, 0.05) is 0 Å². The Morgan fingerprint density at radius 2 is 1.00 bits per heavy atom. The molecule has 0 heterocycles. The summed E-state index contributed by atoms with van der Waals surface area (Å²) in [5.74, 6) is -0.888. The van der Waals surface area contributed by atoms with E-state index in [1.165, 1.54) is 64.2 Å². The Labute approximate surface area is 207 Å². The van der Waals surface area contributed by atoms with Gasteiger partial charge in [-0.3, -0.25) is 0 Å². The summed E-state index contributed by atoms with van der Waals surface area (Å²) >= 11 is 0. The van der Waals surface area contributed by atoms with Crippen LogP contribution in [-0.4, -0.2) is 25.2 Å². The van der Waals surface area contributed by atoms with Gasteiger partial charge in [0.2, 0.25) is 0 Å². The molecule has 0 unspecified atom stereocenters. The molecule has 1 aliphatic carbocycles. The van der Waals surface area contributed by atoms with Crippen LogP contribution in [0.15, 0.2) is 48.6 Å². The molecule has 0 aromatic heterocycles. The smallest absolute Gasteiger partial charge is 0.339 e. The summed E-state index contributed by atoms with van der Waals surface area (Å²) < 4.78 is 10.7. The Morgan fingerprint density at radius 3 is 1.35 bits per heavy atom. The Balaban J connectivity index is 0.000000830. The standard InChI is InChI=1S/C24H38O4.C6H8/c1-3-5-7-9-11-15-19-27-23(25)21-17-13-14-18-22(21)24(26)28-20-16-12-10-8-6-4-2;1-2-4-6-5-3-1/h13-14,17-18H,3-12,15-16,19-20H2,1-2H3;1-4H,5-6H2. The van der Waals surface area contributed by atoms with Gasteiger partial charge in [-0.15, -0.1) is 0 Å². The first-order valence-electron chi connectivity index (χ1n) is 13.5. The summed E-state index contributed by atoms with van der Waals surface area (Å²) in [6.45, 7) is 5.17. The largest absolute Gasteiger partial charge is 0.462 e. The fourth-order valence-corrected chi connectivity index (χ4v) is 3.63.